The molecule has 226 valence electrons. The second-order valence-corrected chi connectivity index (χ2v) is 10.4. The highest BCUT2D eigenvalue weighted by atomic mass is 35.5. The minimum Gasteiger partial charge on any atom is -0.324 e. The van der Waals surface area contributed by atoms with Crippen molar-refractivity contribution in [2.75, 3.05) is 37.3 Å². The van der Waals surface area contributed by atoms with Gasteiger partial charge in [-0.25, -0.2) is 19.9 Å². The number of anilines is 3. The normalized spacial score (nSPS) is 15.9. The van der Waals surface area contributed by atoms with Crippen molar-refractivity contribution in [3.8, 4) is 11.3 Å². The molecule has 0 radical (unpaired) electrons. The van der Waals surface area contributed by atoms with Gasteiger partial charge in [0.1, 0.15) is 6.33 Å². The Labute approximate surface area is 254 Å². The van der Waals surface area contributed by atoms with Crippen LogP contribution in [-0.4, -0.2) is 68.4 Å². The minimum atomic E-state index is -4.59. The zero-order valence-corrected chi connectivity index (χ0v) is 24.7. The largest absolute Gasteiger partial charge is 0.416 e. The summed E-state index contributed by atoms with van der Waals surface area (Å²) in [5, 5.41) is 5.87. The Hall–Kier alpha value is -4.13. The third-order valence-electron chi connectivity index (χ3n) is 7.37. The summed E-state index contributed by atoms with van der Waals surface area (Å²) in [5.74, 6) is -0.319. The summed E-state index contributed by atoms with van der Waals surface area (Å²) in [6.45, 7) is 6.24. The quantitative estimate of drug-likeness (QED) is 0.270. The van der Waals surface area contributed by atoms with Crippen LogP contribution in [0.3, 0.4) is 0 Å². The molecule has 0 saturated carbocycles. The van der Waals surface area contributed by atoms with Crippen LogP contribution >= 0.6 is 12.4 Å². The van der Waals surface area contributed by atoms with Crippen LogP contribution in [0.15, 0.2) is 67.4 Å². The number of carbonyl (C=O) groups is 1. The summed E-state index contributed by atoms with van der Waals surface area (Å²) in [6, 6.07) is 10.9. The summed E-state index contributed by atoms with van der Waals surface area (Å²) in [4.78, 5) is 34.1. The molecule has 1 saturated heterocycles. The Morgan fingerprint density at radius 3 is 2.56 bits per heavy atom. The number of likely N-dealkylation sites (N-methyl/N-ethyl adjacent to an activating group) is 1. The number of hydrogen-bond acceptors (Lipinski definition) is 8. The standard InChI is InChI=1S/C30H31F3N8O.ClH/c1-19-4-7-24(13-27(19)39-29-36-9-8-26(38-29)23-14-34-18-35-15-23)37-28(42)21-5-6-22(25(12-21)30(31,32)33)17-41-11-10-40(3)20(2)16-41;/h4-9,12-15,18,20H,10-11,16-17H2,1-3H3,(H,37,42)(H,36,38,39);1H/t20-;/m1./s1. The Morgan fingerprint density at radius 2 is 1.84 bits per heavy atom. The zero-order valence-electron chi connectivity index (χ0n) is 23.9. The van der Waals surface area contributed by atoms with E-state index in [9.17, 15) is 18.0 Å². The zero-order chi connectivity index (χ0) is 29.9. The Morgan fingerprint density at radius 1 is 1.07 bits per heavy atom. The van der Waals surface area contributed by atoms with Crippen LogP contribution in [-0.2, 0) is 12.7 Å². The molecule has 1 aliphatic heterocycles. The van der Waals surface area contributed by atoms with Gasteiger partial charge in [-0.1, -0.05) is 12.1 Å². The third-order valence-corrected chi connectivity index (χ3v) is 7.37. The van der Waals surface area contributed by atoms with Crippen LogP contribution in [0.5, 0.6) is 0 Å². The van der Waals surface area contributed by atoms with E-state index in [1.807, 2.05) is 18.9 Å². The van der Waals surface area contributed by atoms with Crippen molar-refractivity contribution in [1.82, 2.24) is 29.7 Å². The summed E-state index contributed by atoms with van der Waals surface area (Å²) < 4.78 is 42.2. The fourth-order valence-electron chi connectivity index (χ4n) is 4.80. The van der Waals surface area contributed by atoms with Gasteiger partial charge in [-0.2, -0.15) is 13.2 Å². The van der Waals surface area contributed by atoms with E-state index in [0.717, 1.165) is 23.7 Å². The number of alkyl halides is 3. The molecule has 1 amide bonds. The lowest BCUT2D eigenvalue weighted by molar-refractivity contribution is -0.138. The van der Waals surface area contributed by atoms with E-state index in [1.165, 1.54) is 18.5 Å². The van der Waals surface area contributed by atoms with Crippen molar-refractivity contribution in [1.29, 1.82) is 0 Å². The maximum absolute atomic E-state index is 14.1. The van der Waals surface area contributed by atoms with Gasteiger partial charge in [-0.05, 0) is 62.4 Å². The topological polar surface area (TPSA) is 99.2 Å². The number of nitrogens with one attached hydrogen (secondary N) is 2. The van der Waals surface area contributed by atoms with Gasteiger partial charge in [0, 0.05) is 73.3 Å². The lowest BCUT2D eigenvalue weighted by Crippen LogP contribution is -2.49. The first-order valence-corrected chi connectivity index (χ1v) is 13.5. The predicted octanol–water partition coefficient (Wildman–Crippen LogP) is 5.81. The smallest absolute Gasteiger partial charge is 0.324 e. The van der Waals surface area contributed by atoms with Gasteiger partial charge in [0.25, 0.3) is 5.91 Å². The van der Waals surface area contributed by atoms with E-state index in [-0.39, 0.29) is 36.1 Å². The van der Waals surface area contributed by atoms with Crippen LogP contribution in [0.25, 0.3) is 11.3 Å². The van der Waals surface area contributed by atoms with Crippen LogP contribution in [0.1, 0.15) is 34.0 Å². The second kappa shape index (κ2) is 13.4. The number of rotatable bonds is 7. The SMILES string of the molecule is Cc1ccc(NC(=O)c2ccc(CN3CCN(C)[C@H](C)C3)c(C(F)(F)F)c2)cc1Nc1nccc(-c2cncnc2)n1.Cl. The van der Waals surface area contributed by atoms with E-state index < -0.39 is 17.6 Å². The maximum Gasteiger partial charge on any atom is 0.416 e. The molecular formula is C30H32ClF3N8O. The second-order valence-electron chi connectivity index (χ2n) is 10.4. The van der Waals surface area contributed by atoms with Gasteiger partial charge in [-0.3, -0.25) is 9.69 Å². The molecule has 0 bridgehead atoms. The van der Waals surface area contributed by atoms with E-state index in [1.54, 1.807) is 42.9 Å². The monoisotopic (exact) mass is 612 g/mol. The third kappa shape index (κ3) is 7.83. The molecule has 5 rings (SSSR count). The molecule has 4 aromatic rings. The predicted molar refractivity (Wildman–Crippen MR) is 162 cm³/mol. The molecule has 3 heterocycles. The van der Waals surface area contributed by atoms with E-state index >= 15 is 0 Å². The molecule has 2 aromatic carbocycles. The molecule has 9 nitrogen and oxygen atoms in total. The fourth-order valence-corrected chi connectivity index (χ4v) is 4.80. The first kappa shape index (κ1) is 31.8. The van der Waals surface area contributed by atoms with E-state index in [0.29, 0.717) is 36.1 Å². The Kier molecular flexibility index (Phi) is 9.95. The summed E-state index contributed by atoms with van der Waals surface area (Å²) in [6.07, 6.45) is 1.73. The molecule has 1 atom stereocenters. The highest BCUT2D eigenvalue weighted by molar-refractivity contribution is 6.04. The lowest BCUT2D eigenvalue weighted by atomic mass is 10.0. The number of amides is 1. The first-order valence-electron chi connectivity index (χ1n) is 13.5. The summed E-state index contributed by atoms with van der Waals surface area (Å²) in [5.41, 5.74) is 2.52. The molecule has 13 heteroatoms. The fraction of sp³-hybridized carbons (Fsp3) is 0.300. The number of halogens is 4. The Bertz CT molecular complexity index is 1570. The van der Waals surface area contributed by atoms with Gasteiger partial charge >= 0.3 is 6.18 Å². The Balaban J connectivity index is 0.00000423. The molecular weight excluding hydrogens is 581 g/mol. The molecule has 0 aliphatic carbocycles. The molecule has 2 N–H and O–H groups in total. The van der Waals surface area contributed by atoms with Crippen LogP contribution in [0, 0.1) is 6.92 Å². The minimum absolute atomic E-state index is 0. The van der Waals surface area contributed by atoms with Crippen molar-refractivity contribution in [2.24, 2.45) is 0 Å². The van der Waals surface area contributed by atoms with Crippen LogP contribution in [0.4, 0.5) is 30.5 Å². The number of aromatic nitrogens is 4. The van der Waals surface area contributed by atoms with Gasteiger partial charge in [0.2, 0.25) is 5.95 Å². The number of hydrogen-bond donors (Lipinski definition) is 2. The van der Waals surface area contributed by atoms with Crippen LogP contribution < -0.4 is 10.6 Å². The average molecular weight is 613 g/mol. The highest BCUT2D eigenvalue weighted by Gasteiger charge is 2.35. The van der Waals surface area contributed by atoms with Gasteiger partial charge in [0.05, 0.1) is 11.3 Å². The number of carbonyl (C=O) groups excluding carboxylic acids is 1. The van der Waals surface area contributed by atoms with Gasteiger partial charge in [-0.15, -0.1) is 12.4 Å². The number of nitrogens with zero attached hydrogens (tertiary/aromatic N) is 6. The lowest BCUT2D eigenvalue weighted by Gasteiger charge is -2.38. The molecule has 43 heavy (non-hydrogen) atoms. The number of piperazine rings is 1. The van der Waals surface area contributed by atoms with Crippen molar-refractivity contribution in [2.45, 2.75) is 32.6 Å². The van der Waals surface area contributed by atoms with E-state index in [2.05, 4.69) is 42.4 Å². The summed E-state index contributed by atoms with van der Waals surface area (Å²) in [7, 11) is 2.01. The van der Waals surface area contributed by atoms with Crippen molar-refractivity contribution in [3.63, 3.8) is 0 Å². The summed E-state index contributed by atoms with van der Waals surface area (Å²) >= 11 is 0. The van der Waals surface area contributed by atoms with Gasteiger partial charge in [0.15, 0.2) is 0 Å². The first-order chi connectivity index (χ1) is 20.1. The number of benzene rings is 2. The molecule has 0 spiro atoms. The molecule has 1 aliphatic rings. The average Bonchev–Trinajstić information content (AvgIpc) is 2.97. The van der Waals surface area contributed by atoms with Gasteiger partial charge < -0.3 is 15.5 Å². The van der Waals surface area contributed by atoms with Crippen molar-refractivity contribution >= 4 is 35.6 Å². The van der Waals surface area contributed by atoms with Crippen LogP contribution in [0.2, 0.25) is 0 Å². The van der Waals surface area contributed by atoms with Crippen molar-refractivity contribution < 1.29 is 18.0 Å². The molecule has 0 unspecified atom stereocenters. The number of aryl methyl sites for hydroxylation is 1. The molecule has 1 fully saturated rings. The van der Waals surface area contributed by atoms with E-state index in [4.69, 9.17) is 0 Å². The van der Waals surface area contributed by atoms with Crippen molar-refractivity contribution in [3.05, 3.63) is 89.6 Å². The molecule has 2 aromatic heterocycles. The maximum atomic E-state index is 14.1. The highest BCUT2D eigenvalue weighted by Crippen LogP contribution is 2.34.